The van der Waals surface area contributed by atoms with E-state index in [4.69, 9.17) is 0 Å². The lowest BCUT2D eigenvalue weighted by atomic mass is 9.66. The van der Waals surface area contributed by atoms with Gasteiger partial charge in [0.2, 0.25) is 0 Å². The van der Waals surface area contributed by atoms with E-state index in [1.807, 2.05) is 28.7 Å². The predicted molar refractivity (Wildman–Crippen MR) is 241 cm³/mol. The van der Waals surface area contributed by atoms with Crippen molar-refractivity contribution in [1.29, 1.82) is 0 Å². The number of hydrogen-bond acceptors (Lipinski definition) is 7. The summed E-state index contributed by atoms with van der Waals surface area (Å²) >= 11 is 5.23. The van der Waals surface area contributed by atoms with Crippen molar-refractivity contribution in [2.75, 3.05) is 0 Å². The van der Waals surface area contributed by atoms with Crippen molar-refractivity contribution in [2.24, 2.45) is 0 Å². The minimum atomic E-state index is -1.02. The van der Waals surface area contributed by atoms with Crippen molar-refractivity contribution >= 4 is 100 Å². The molecule has 0 amide bonds. The summed E-state index contributed by atoms with van der Waals surface area (Å²) < 4.78 is 59.2. The van der Waals surface area contributed by atoms with Gasteiger partial charge in [-0.3, -0.25) is 19.2 Å². The van der Waals surface area contributed by atoms with Crippen LogP contribution in [0.2, 0.25) is 0 Å². The maximum absolute atomic E-state index is 14.2. The lowest BCUT2D eigenvalue weighted by Gasteiger charge is -2.36. The van der Waals surface area contributed by atoms with Gasteiger partial charge in [0, 0.05) is 53.3 Å². The van der Waals surface area contributed by atoms with Crippen molar-refractivity contribution < 1.29 is 36.7 Å². The number of thiophene rings is 3. The van der Waals surface area contributed by atoms with E-state index in [0.717, 1.165) is 98.9 Å². The molecular weight excluding hydrogens is 861 g/mol. The minimum absolute atomic E-state index is 0.0504. The molecule has 310 valence electrons. The Morgan fingerprint density at radius 2 is 0.905 bits per heavy atom. The highest BCUT2D eigenvalue weighted by Gasteiger charge is 2.51. The van der Waals surface area contributed by atoms with E-state index in [1.54, 1.807) is 17.4 Å². The molecule has 7 aromatic rings. The summed E-state index contributed by atoms with van der Waals surface area (Å²) in [4.78, 5) is 60.0. The van der Waals surface area contributed by atoms with Gasteiger partial charge in [-0.1, -0.05) is 38.5 Å². The Morgan fingerprint density at radius 3 is 1.40 bits per heavy atom. The molecule has 2 saturated carbocycles. The molecule has 2 spiro atoms. The van der Waals surface area contributed by atoms with Crippen LogP contribution in [0.1, 0.15) is 132 Å². The van der Waals surface area contributed by atoms with Gasteiger partial charge in [-0.25, -0.2) is 17.6 Å². The van der Waals surface area contributed by atoms with Crippen molar-refractivity contribution in [3.8, 4) is 9.75 Å². The molecule has 2 fully saturated rings. The number of carbonyl (C=O) groups excluding carboxylic acids is 4. The van der Waals surface area contributed by atoms with Crippen LogP contribution in [0.3, 0.4) is 0 Å². The number of ketones is 4. The van der Waals surface area contributed by atoms with E-state index < -0.39 is 46.4 Å². The van der Waals surface area contributed by atoms with Gasteiger partial charge in [0.25, 0.3) is 0 Å². The van der Waals surface area contributed by atoms with Crippen LogP contribution < -0.4 is 0 Å². The number of hydrogen-bond donors (Lipinski definition) is 0. The zero-order valence-corrected chi connectivity index (χ0v) is 35.8. The van der Waals surface area contributed by atoms with Crippen LogP contribution in [0.15, 0.2) is 77.4 Å². The third-order valence-corrected chi connectivity index (χ3v) is 18.5. The normalized spacial score (nSPS) is 19.2. The molecule has 0 N–H and O–H groups in total. The second kappa shape index (κ2) is 13.0. The summed E-state index contributed by atoms with van der Waals surface area (Å²) in [6.45, 7) is 0. The van der Waals surface area contributed by atoms with Crippen molar-refractivity contribution in [1.82, 2.24) is 0 Å². The van der Waals surface area contributed by atoms with E-state index in [9.17, 15) is 36.7 Å². The van der Waals surface area contributed by atoms with E-state index in [1.165, 1.54) is 65.0 Å². The highest BCUT2D eigenvalue weighted by molar-refractivity contribution is 7.32. The fourth-order valence-corrected chi connectivity index (χ4v) is 16.5. The van der Waals surface area contributed by atoms with Gasteiger partial charge in [-0.05, 0) is 137 Å². The average Bonchev–Trinajstić information content (AvgIpc) is 4.12. The van der Waals surface area contributed by atoms with Gasteiger partial charge in [0.1, 0.15) is 0 Å². The SMILES string of the molecule is O=C1C(=CC2=Cc3sc4c5c(sc4c3C23CCCCC3)-c2sc(C=C3C(=O)c4cc6cc(F)c(F)cc6cc4C3=O)cc2C52CCCCC2)C(=O)c2cc3cc(F)c(F)cc3cc21. The molecule has 0 bridgehead atoms. The van der Waals surface area contributed by atoms with Gasteiger partial charge in [-0.15, -0.1) is 34.0 Å². The predicted octanol–water partition coefficient (Wildman–Crippen LogP) is 14.2. The lowest BCUT2D eigenvalue weighted by Crippen LogP contribution is -2.29. The van der Waals surface area contributed by atoms with E-state index in [-0.39, 0.29) is 44.2 Å². The maximum Gasteiger partial charge on any atom is 0.197 e. The molecule has 4 aromatic carbocycles. The summed E-state index contributed by atoms with van der Waals surface area (Å²) in [5, 5.41) is 1.43. The molecule has 11 heteroatoms. The fraction of sp³-hybridized carbons (Fsp3) is 0.231. The van der Waals surface area contributed by atoms with Crippen molar-refractivity contribution in [2.45, 2.75) is 75.0 Å². The molecule has 13 rings (SSSR count). The average molecular weight is 893 g/mol. The van der Waals surface area contributed by atoms with Crippen LogP contribution in [0.5, 0.6) is 0 Å². The Labute approximate surface area is 369 Å². The molecule has 4 nitrogen and oxygen atoms in total. The number of carbonyl (C=O) groups is 4. The second-order valence-electron chi connectivity index (χ2n) is 18.0. The van der Waals surface area contributed by atoms with Crippen LogP contribution in [0, 0.1) is 23.3 Å². The molecule has 6 aliphatic rings. The third-order valence-electron chi connectivity index (χ3n) is 14.8. The standard InChI is InChI=1S/C52H32F4O4S3/c53-36-15-23-11-29-30(12-24(23)16-37(36)54)44(58)33(43(29)57)19-27-20-40-41(51(27)7-3-1-4-8-51)48-50(62-40)42-49(63-48)47-35(52(42)9-5-2-6-10-52)22-28(61-47)21-34-45(59)31-13-25-17-38(55)39(56)18-26(25)14-32(31)46(34)60/h11-22H,1-10H2. The van der Waals surface area contributed by atoms with Crippen molar-refractivity contribution in [3.05, 3.63) is 149 Å². The first-order valence-electron chi connectivity index (χ1n) is 21.4. The summed E-state index contributed by atoms with van der Waals surface area (Å²) in [6, 6.07) is 12.4. The molecule has 0 radical (unpaired) electrons. The number of benzene rings is 4. The quantitative estimate of drug-likeness (QED) is 0.0985. The van der Waals surface area contributed by atoms with E-state index in [0.29, 0.717) is 21.5 Å². The van der Waals surface area contributed by atoms with Crippen LogP contribution in [0.25, 0.3) is 52.9 Å². The molecular formula is C52H32F4O4S3. The topological polar surface area (TPSA) is 68.3 Å². The fourth-order valence-electron chi connectivity index (χ4n) is 11.9. The number of rotatable bonds is 2. The van der Waals surface area contributed by atoms with Crippen LogP contribution in [0.4, 0.5) is 17.6 Å². The molecule has 0 atom stereocenters. The lowest BCUT2D eigenvalue weighted by molar-refractivity contribution is 0.0974. The summed E-state index contributed by atoms with van der Waals surface area (Å²) in [5.74, 6) is -5.69. The Balaban J connectivity index is 0.912. The summed E-state index contributed by atoms with van der Waals surface area (Å²) in [6.07, 6.45) is 15.9. The molecule has 3 heterocycles. The maximum atomic E-state index is 14.2. The largest absolute Gasteiger partial charge is 0.288 e. The number of Topliss-reactive ketones (excluding diaryl/α,β-unsaturated/α-hetero) is 4. The Bertz CT molecular complexity index is 3360. The number of allylic oxidation sites excluding steroid dienone is 4. The van der Waals surface area contributed by atoms with E-state index in [2.05, 4.69) is 12.1 Å². The zero-order valence-electron chi connectivity index (χ0n) is 33.4. The Hall–Kier alpha value is -5.62. The Kier molecular flexibility index (Phi) is 7.81. The highest BCUT2D eigenvalue weighted by Crippen LogP contribution is 2.67. The second-order valence-corrected chi connectivity index (χ2v) is 21.2. The number of fused-ring (bicyclic) bond motifs is 14. The monoisotopic (exact) mass is 892 g/mol. The minimum Gasteiger partial charge on any atom is -0.288 e. The highest BCUT2D eigenvalue weighted by atomic mass is 32.1. The first kappa shape index (κ1) is 37.9. The molecule has 3 aromatic heterocycles. The molecule has 6 aliphatic carbocycles. The first-order chi connectivity index (χ1) is 30.4. The van der Waals surface area contributed by atoms with Crippen molar-refractivity contribution in [3.63, 3.8) is 0 Å². The summed E-state index contributed by atoms with van der Waals surface area (Å²) in [7, 11) is 0. The first-order valence-corrected chi connectivity index (χ1v) is 23.8. The van der Waals surface area contributed by atoms with Gasteiger partial charge in [-0.2, -0.15) is 0 Å². The van der Waals surface area contributed by atoms with Gasteiger partial charge >= 0.3 is 0 Å². The molecule has 0 aliphatic heterocycles. The molecule has 63 heavy (non-hydrogen) atoms. The van der Waals surface area contributed by atoms with Crippen LogP contribution in [-0.2, 0) is 10.8 Å². The van der Waals surface area contributed by atoms with Gasteiger partial charge in [0.15, 0.2) is 46.4 Å². The smallest absolute Gasteiger partial charge is 0.197 e. The summed E-state index contributed by atoms with van der Waals surface area (Å²) in [5.41, 5.74) is 5.27. The van der Waals surface area contributed by atoms with Gasteiger partial charge < -0.3 is 0 Å². The van der Waals surface area contributed by atoms with E-state index >= 15 is 0 Å². The number of halogens is 4. The van der Waals surface area contributed by atoms with Crippen LogP contribution in [-0.4, -0.2) is 23.1 Å². The molecule has 0 unspecified atom stereocenters. The zero-order chi connectivity index (χ0) is 42.8. The van der Waals surface area contributed by atoms with Crippen LogP contribution >= 0.6 is 34.0 Å². The van der Waals surface area contributed by atoms with Gasteiger partial charge in [0.05, 0.1) is 25.4 Å². The Morgan fingerprint density at radius 1 is 0.460 bits per heavy atom. The third kappa shape index (κ3) is 5.01. The molecule has 0 saturated heterocycles.